The van der Waals surface area contributed by atoms with Gasteiger partial charge in [0.05, 0.1) is 12.5 Å². The molecule has 3 aromatic rings. The van der Waals surface area contributed by atoms with Crippen molar-refractivity contribution in [2.75, 3.05) is 37.7 Å². The third-order valence-corrected chi connectivity index (χ3v) is 6.04. The maximum atomic E-state index is 13.3. The van der Waals surface area contributed by atoms with Crippen LogP contribution in [0, 0.1) is 0 Å². The number of para-hydroxylation sites is 1. The number of benzene rings is 3. The molecule has 0 aliphatic carbocycles. The van der Waals surface area contributed by atoms with Crippen molar-refractivity contribution in [2.45, 2.75) is 12.0 Å². The molecule has 0 spiro atoms. The molecule has 1 heterocycles. The number of amides is 2. The summed E-state index contributed by atoms with van der Waals surface area (Å²) in [4.78, 5) is 30.4. The molecular weight excluding hydrogens is 414 g/mol. The first-order valence-electron chi connectivity index (χ1n) is 11.3. The summed E-state index contributed by atoms with van der Waals surface area (Å²) in [5.41, 5.74) is 2.80. The summed E-state index contributed by atoms with van der Waals surface area (Å²) in [7, 11) is 0. The molecule has 3 aromatic carbocycles. The van der Waals surface area contributed by atoms with E-state index in [2.05, 4.69) is 22.3 Å². The van der Waals surface area contributed by atoms with Crippen LogP contribution in [0.15, 0.2) is 91.0 Å². The second kappa shape index (κ2) is 10.8. The minimum Gasteiger partial charge on any atom is -0.394 e. The SMILES string of the molecule is O=C(NC(CO)C(=O)N1CCN(c2ccccc2)CC1)C(c1ccccc1)c1ccccc1. The Bertz CT molecular complexity index is 996. The molecule has 1 aliphatic heterocycles. The van der Waals surface area contributed by atoms with Gasteiger partial charge in [0, 0.05) is 31.9 Å². The van der Waals surface area contributed by atoms with E-state index in [-0.39, 0.29) is 11.8 Å². The smallest absolute Gasteiger partial charge is 0.247 e. The Kier molecular flexibility index (Phi) is 7.37. The zero-order valence-corrected chi connectivity index (χ0v) is 18.5. The lowest BCUT2D eigenvalue weighted by molar-refractivity contribution is -0.138. The molecule has 2 amide bonds. The van der Waals surface area contributed by atoms with Crippen molar-refractivity contribution in [3.63, 3.8) is 0 Å². The number of rotatable bonds is 7. The number of carbonyl (C=O) groups is 2. The summed E-state index contributed by atoms with van der Waals surface area (Å²) in [6, 6.07) is 28.1. The van der Waals surface area contributed by atoms with Crippen LogP contribution < -0.4 is 10.2 Å². The number of hydrogen-bond donors (Lipinski definition) is 2. The standard InChI is InChI=1S/C27H29N3O3/c31-20-24(27(33)30-18-16-29(17-19-30)23-14-8-3-9-15-23)28-26(32)25(21-10-4-1-5-11-21)22-12-6-2-7-13-22/h1-15,24-25,31H,16-20H2,(H,28,32). The van der Waals surface area contributed by atoms with Gasteiger partial charge in [-0.05, 0) is 23.3 Å². The van der Waals surface area contributed by atoms with Gasteiger partial charge in [-0.1, -0.05) is 78.9 Å². The van der Waals surface area contributed by atoms with Crippen LogP contribution in [0.5, 0.6) is 0 Å². The number of piperazine rings is 1. The minimum atomic E-state index is -0.976. The molecule has 1 aliphatic rings. The summed E-state index contributed by atoms with van der Waals surface area (Å²) >= 11 is 0. The van der Waals surface area contributed by atoms with E-state index in [0.717, 1.165) is 16.8 Å². The fourth-order valence-corrected chi connectivity index (χ4v) is 4.27. The summed E-state index contributed by atoms with van der Waals surface area (Å²) in [6.07, 6.45) is 0. The summed E-state index contributed by atoms with van der Waals surface area (Å²) in [5, 5.41) is 12.8. The van der Waals surface area contributed by atoms with Crippen LogP contribution >= 0.6 is 0 Å². The predicted molar refractivity (Wildman–Crippen MR) is 129 cm³/mol. The molecule has 1 fully saturated rings. The molecule has 0 aromatic heterocycles. The average molecular weight is 444 g/mol. The highest BCUT2D eigenvalue weighted by Crippen LogP contribution is 2.25. The number of anilines is 1. The highest BCUT2D eigenvalue weighted by Gasteiger charge is 2.31. The molecule has 6 heteroatoms. The van der Waals surface area contributed by atoms with Gasteiger partial charge in [0.15, 0.2) is 0 Å². The Morgan fingerprint density at radius 1 is 0.758 bits per heavy atom. The molecule has 2 N–H and O–H groups in total. The topological polar surface area (TPSA) is 72.9 Å². The summed E-state index contributed by atoms with van der Waals surface area (Å²) < 4.78 is 0. The zero-order valence-electron chi connectivity index (χ0n) is 18.5. The molecule has 0 radical (unpaired) electrons. The fraction of sp³-hybridized carbons (Fsp3) is 0.259. The highest BCUT2D eigenvalue weighted by atomic mass is 16.3. The van der Waals surface area contributed by atoms with Crippen LogP contribution in [-0.2, 0) is 9.59 Å². The van der Waals surface area contributed by atoms with Crippen molar-refractivity contribution in [3.8, 4) is 0 Å². The average Bonchev–Trinajstić information content (AvgIpc) is 2.89. The Morgan fingerprint density at radius 3 is 1.73 bits per heavy atom. The second-order valence-corrected chi connectivity index (χ2v) is 8.15. The van der Waals surface area contributed by atoms with Crippen molar-refractivity contribution < 1.29 is 14.7 Å². The number of carbonyl (C=O) groups excluding carboxylic acids is 2. The lowest BCUT2D eigenvalue weighted by Crippen LogP contribution is -2.56. The van der Waals surface area contributed by atoms with E-state index in [1.165, 1.54) is 0 Å². The minimum absolute atomic E-state index is 0.251. The molecule has 170 valence electrons. The van der Waals surface area contributed by atoms with E-state index in [1.807, 2.05) is 78.9 Å². The molecule has 1 atom stereocenters. The summed E-state index contributed by atoms with van der Waals surface area (Å²) in [6.45, 7) is 2.05. The Balaban J connectivity index is 1.44. The van der Waals surface area contributed by atoms with Gasteiger partial charge >= 0.3 is 0 Å². The molecule has 1 unspecified atom stereocenters. The third kappa shape index (κ3) is 5.41. The number of nitrogens with zero attached hydrogens (tertiary/aromatic N) is 2. The van der Waals surface area contributed by atoms with Crippen LogP contribution in [-0.4, -0.2) is 60.6 Å². The van der Waals surface area contributed by atoms with Crippen molar-refractivity contribution in [2.24, 2.45) is 0 Å². The molecule has 1 saturated heterocycles. The number of aliphatic hydroxyl groups is 1. The molecular formula is C27H29N3O3. The molecule has 0 bridgehead atoms. The third-order valence-electron chi connectivity index (χ3n) is 6.04. The Hall–Kier alpha value is -3.64. The van der Waals surface area contributed by atoms with Gasteiger partial charge in [-0.25, -0.2) is 0 Å². The van der Waals surface area contributed by atoms with Crippen LogP contribution in [0.2, 0.25) is 0 Å². The van der Waals surface area contributed by atoms with E-state index in [1.54, 1.807) is 4.90 Å². The van der Waals surface area contributed by atoms with E-state index in [9.17, 15) is 14.7 Å². The van der Waals surface area contributed by atoms with Crippen LogP contribution in [0.3, 0.4) is 0 Å². The van der Waals surface area contributed by atoms with Crippen molar-refractivity contribution in [1.29, 1.82) is 0 Å². The normalized spacial score (nSPS) is 14.7. The van der Waals surface area contributed by atoms with E-state index in [4.69, 9.17) is 0 Å². The zero-order chi connectivity index (χ0) is 23.0. The van der Waals surface area contributed by atoms with Gasteiger partial charge < -0.3 is 20.2 Å². The van der Waals surface area contributed by atoms with Crippen LogP contribution in [0.4, 0.5) is 5.69 Å². The first-order valence-corrected chi connectivity index (χ1v) is 11.3. The van der Waals surface area contributed by atoms with Gasteiger partial charge in [-0.15, -0.1) is 0 Å². The Labute approximate surface area is 194 Å². The fourth-order valence-electron chi connectivity index (χ4n) is 4.27. The monoisotopic (exact) mass is 443 g/mol. The predicted octanol–water partition coefficient (Wildman–Crippen LogP) is 2.64. The van der Waals surface area contributed by atoms with E-state index >= 15 is 0 Å². The largest absolute Gasteiger partial charge is 0.394 e. The number of hydrogen-bond acceptors (Lipinski definition) is 4. The highest BCUT2D eigenvalue weighted by molar-refractivity contribution is 5.92. The lowest BCUT2D eigenvalue weighted by atomic mass is 9.90. The Morgan fingerprint density at radius 2 is 1.24 bits per heavy atom. The van der Waals surface area contributed by atoms with E-state index in [0.29, 0.717) is 26.2 Å². The summed E-state index contributed by atoms with van der Waals surface area (Å²) in [5.74, 6) is -1.12. The van der Waals surface area contributed by atoms with Crippen LogP contribution in [0.25, 0.3) is 0 Å². The molecule has 0 saturated carbocycles. The van der Waals surface area contributed by atoms with Crippen molar-refractivity contribution in [1.82, 2.24) is 10.2 Å². The maximum absolute atomic E-state index is 13.3. The van der Waals surface area contributed by atoms with Gasteiger partial charge in [0.1, 0.15) is 6.04 Å². The van der Waals surface area contributed by atoms with Gasteiger partial charge in [-0.2, -0.15) is 0 Å². The number of aliphatic hydroxyl groups excluding tert-OH is 1. The van der Waals surface area contributed by atoms with Crippen LogP contribution in [0.1, 0.15) is 17.0 Å². The first-order chi connectivity index (χ1) is 16.2. The van der Waals surface area contributed by atoms with Crippen molar-refractivity contribution in [3.05, 3.63) is 102 Å². The van der Waals surface area contributed by atoms with Gasteiger partial charge in [0.25, 0.3) is 0 Å². The molecule has 4 rings (SSSR count). The molecule has 6 nitrogen and oxygen atoms in total. The molecule has 33 heavy (non-hydrogen) atoms. The maximum Gasteiger partial charge on any atom is 0.247 e. The first kappa shape index (κ1) is 22.6. The quantitative estimate of drug-likeness (QED) is 0.589. The van der Waals surface area contributed by atoms with Gasteiger partial charge in [-0.3, -0.25) is 9.59 Å². The van der Waals surface area contributed by atoms with Crippen molar-refractivity contribution >= 4 is 17.5 Å². The van der Waals surface area contributed by atoms with Gasteiger partial charge in [0.2, 0.25) is 11.8 Å². The second-order valence-electron chi connectivity index (χ2n) is 8.15. The number of nitrogens with one attached hydrogen (secondary N) is 1. The lowest BCUT2D eigenvalue weighted by Gasteiger charge is -2.37. The van der Waals surface area contributed by atoms with E-state index < -0.39 is 18.6 Å².